The Labute approximate surface area is 121 Å². The molecule has 1 aromatic heterocycles. The molecule has 0 spiro atoms. The van der Waals surface area contributed by atoms with Crippen molar-refractivity contribution in [3.63, 3.8) is 0 Å². The number of aromatic nitrogens is 2. The molecular weight excluding hydrogens is 254 g/mol. The van der Waals surface area contributed by atoms with Gasteiger partial charge in [-0.3, -0.25) is 4.79 Å². The van der Waals surface area contributed by atoms with Crippen molar-refractivity contribution < 1.29 is 9.90 Å². The third kappa shape index (κ3) is 4.00. The van der Waals surface area contributed by atoms with E-state index in [-0.39, 0.29) is 0 Å². The summed E-state index contributed by atoms with van der Waals surface area (Å²) in [6, 6.07) is 0. The minimum atomic E-state index is -0.837. The maximum absolute atomic E-state index is 11.1. The fraction of sp³-hybridized carbons (Fsp3) is 0.667. The highest BCUT2D eigenvalue weighted by molar-refractivity contribution is 5.76. The van der Waals surface area contributed by atoms with E-state index >= 15 is 0 Å². The number of hydrogen-bond donors (Lipinski definition) is 1. The van der Waals surface area contributed by atoms with Gasteiger partial charge in [-0.05, 0) is 33.9 Å². The van der Waals surface area contributed by atoms with Gasteiger partial charge >= 0.3 is 5.97 Å². The van der Waals surface area contributed by atoms with Crippen molar-refractivity contribution in [2.24, 2.45) is 0 Å². The summed E-state index contributed by atoms with van der Waals surface area (Å²) in [4.78, 5) is 22.4. The third-order valence-corrected chi connectivity index (χ3v) is 3.72. The molecule has 20 heavy (non-hydrogen) atoms. The van der Waals surface area contributed by atoms with Crippen LogP contribution in [-0.2, 0) is 11.2 Å². The summed E-state index contributed by atoms with van der Waals surface area (Å²) >= 11 is 0. The minimum Gasteiger partial charge on any atom is -0.481 e. The zero-order valence-electron chi connectivity index (χ0n) is 13.1. The van der Waals surface area contributed by atoms with Gasteiger partial charge in [-0.1, -0.05) is 13.8 Å². The number of likely N-dealkylation sites (N-methyl/N-ethyl adjacent to an activating group) is 1. The number of rotatable bonds is 7. The molecule has 0 saturated carbocycles. The lowest BCUT2D eigenvalue weighted by molar-refractivity contribution is -0.138. The van der Waals surface area contributed by atoms with Crippen LogP contribution < -0.4 is 0 Å². The molecule has 5 heteroatoms. The van der Waals surface area contributed by atoms with Gasteiger partial charge in [0.1, 0.15) is 5.82 Å². The van der Waals surface area contributed by atoms with Crippen molar-refractivity contribution >= 4 is 5.97 Å². The second-order valence-corrected chi connectivity index (χ2v) is 5.06. The summed E-state index contributed by atoms with van der Waals surface area (Å²) in [6.45, 7) is 12.6. The van der Waals surface area contributed by atoms with Gasteiger partial charge in [0.05, 0.1) is 5.92 Å². The maximum Gasteiger partial charge on any atom is 0.310 e. The molecule has 0 saturated heterocycles. The molecule has 1 rings (SSSR count). The van der Waals surface area contributed by atoms with Crippen molar-refractivity contribution in [1.29, 1.82) is 0 Å². The molecule has 1 aromatic rings. The highest BCUT2D eigenvalue weighted by atomic mass is 16.4. The second kappa shape index (κ2) is 7.33. The van der Waals surface area contributed by atoms with Crippen LogP contribution in [0.3, 0.4) is 0 Å². The second-order valence-electron chi connectivity index (χ2n) is 5.06. The standard InChI is InChI=1S/C15H25N3O2/c1-6-18(7-2)9-8-13-16-11(4)14(12(5)17-13)10(3)15(19)20/h10H,6-9H2,1-5H3,(H,19,20). The Morgan fingerprint density at radius 2 is 1.70 bits per heavy atom. The summed E-state index contributed by atoms with van der Waals surface area (Å²) in [7, 11) is 0. The first-order chi connectivity index (χ1) is 9.40. The first-order valence-electron chi connectivity index (χ1n) is 7.19. The molecule has 1 N–H and O–H groups in total. The van der Waals surface area contributed by atoms with Crippen molar-refractivity contribution in [2.75, 3.05) is 19.6 Å². The van der Waals surface area contributed by atoms with Crippen molar-refractivity contribution in [2.45, 2.75) is 47.0 Å². The van der Waals surface area contributed by atoms with E-state index in [1.807, 2.05) is 13.8 Å². The number of aryl methyl sites for hydroxylation is 2. The van der Waals surface area contributed by atoms with Gasteiger partial charge in [0.25, 0.3) is 0 Å². The van der Waals surface area contributed by atoms with Gasteiger partial charge in [-0.15, -0.1) is 0 Å². The van der Waals surface area contributed by atoms with Crippen LogP contribution in [0.15, 0.2) is 0 Å². The lowest BCUT2D eigenvalue weighted by atomic mass is 9.98. The van der Waals surface area contributed by atoms with E-state index in [1.54, 1.807) is 6.92 Å². The van der Waals surface area contributed by atoms with Crippen molar-refractivity contribution in [1.82, 2.24) is 14.9 Å². The summed E-state index contributed by atoms with van der Waals surface area (Å²) in [5, 5.41) is 9.13. The van der Waals surface area contributed by atoms with Crippen LogP contribution in [-0.4, -0.2) is 45.6 Å². The maximum atomic E-state index is 11.1. The van der Waals surface area contributed by atoms with Gasteiger partial charge in [0.15, 0.2) is 0 Å². The van der Waals surface area contributed by atoms with Gasteiger partial charge in [0.2, 0.25) is 0 Å². The fourth-order valence-electron chi connectivity index (χ4n) is 2.45. The molecule has 0 fully saturated rings. The van der Waals surface area contributed by atoms with Gasteiger partial charge in [0, 0.05) is 29.9 Å². The largest absolute Gasteiger partial charge is 0.481 e. The van der Waals surface area contributed by atoms with E-state index < -0.39 is 11.9 Å². The molecule has 0 radical (unpaired) electrons. The Hall–Kier alpha value is -1.49. The molecule has 1 unspecified atom stereocenters. The normalized spacial score (nSPS) is 12.7. The number of carboxylic acid groups (broad SMARTS) is 1. The third-order valence-electron chi connectivity index (χ3n) is 3.72. The van der Waals surface area contributed by atoms with E-state index in [9.17, 15) is 4.79 Å². The van der Waals surface area contributed by atoms with E-state index in [4.69, 9.17) is 5.11 Å². The molecule has 5 nitrogen and oxygen atoms in total. The van der Waals surface area contributed by atoms with Crippen LogP contribution in [0, 0.1) is 13.8 Å². The molecule has 112 valence electrons. The Bertz CT molecular complexity index is 447. The molecule has 0 amide bonds. The Kier molecular flexibility index (Phi) is 6.07. The number of carbonyl (C=O) groups is 1. The molecule has 0 aromatic carbocycles. The van der Waals surface area contributed by atoms with Crippen LogP contribution in [0.1, 0.15) is 49.5 Å². The Morgan fingerprint density at radius 1 is 1.20 bits per heavy atom. The summed E-state index contributed by atoms with van der Waals surface area (Å²) in [6.07, 6.45) is 0.797. The van der Waals surface area contributed by atoms with E-state index in [2.05, 4.69) is 28.7 Å². The summed E-state index contributed by atoms with van der Waals surface area (Å²) < 4.78 is 0. The molecule has 0 aliphatic carbocycles. The van der Waals surface area contributed by atoms with E-state index in [0.717, 1.165) is 48.8 Å². The predicted molar refractivity (Wildman–Crippen MR) is 79.0 cm³/mol. The monoisotopic (exact) mass is 279 g/mol. The predicted octanol–water partition coefficient (Wildman–Crippen LogP) is 2.17. The quantitative estimate of drug-likeness (QED) is 0.828. The average Bonchev–Trinajstić information content (AvgIpc) is 2.38. The first kappa shape index (κ1) is 16.6. The molecule has 0 aliphatic rings. The smallest absolute Gasteiger partial charge is 0.310 e. The van der Waals surface area contributed by atoms with Crippen LogP contribution in [0.5, 0.6) is 0 Å². The van der Waals surface area contributed by atoms with Gasteiger partial charge in [-0.2, -0.15) is 0 Å². The molecule has 1 heterocycles. The van der Waals surface area contributed by atoms with Crippen LogP contribution in [0.2, 0.25) is 0 Å². The Balaban J connectivity index is 2.91. The first-order valence-corrected chi connectivity index (χ1v) is 7.19. The highest BCUT2D eigenvalue weighted by Gasteiger charge is 2.20. The van der Waals surface area contributed by atoms with Gasteiger partial charge in [-0.25, -0.2) is 9.97 Å². The number of aliphatic carboxylic acids is 1. The van der Waals surface area contributed by atoms with Crippen molar-refractivity contribution in [3.05, 3.63) is 22.8 Å². The number of hydrogen-bond acceptors (Lipinski definition) is 4. The van der Waals surface area contributed by atoms with E-state index in [1.165, 1.54) is 0 Å². The fourth-order valence-corrected chi connectivity index (χ4v) is 2.45. The minimum absolute atomic E-state index is 0.563. The van der Waals surface area contributed by atoms with Crippen LogP contribution in [0.25, 0.3) is 0 Å². The molecule has 0 aliphatic heterocycles. The van der Waals surface area contributed by atoms with Crippen molar-refractivity contribution in [3.8, 4) is 0 Å². The lowest BCUT2D eigenvalue weighted by Crippen LogP contribution is -2.26. The molecular formula is C15H25N3O2. The van der Waals surface area contributed by atoms with Gasteiger partial charge < -0.3 is 10.0 Å². The van der Waals surface area contributed by atoms with Crippen LogP contribution in [0.4, 0.5) is 0 Å². The average molecular weight is 279 g/mol. The molecule has 0 bridgehead atoms. The molecule has 1 atom stereocenters. The SMILES string of the molecule is CCN(CC)CCc1nc(C)c(C(C)C(=O)O)c(C)n1. The van der Waals surface area contributed by atoms with E-state index in [0.29, 0.717) is 0 Å². The zero-order valence-corrected chi connectivity index (χ0v) is 13.1. The lowest BCUT2D eigenvalue weighted by Gasteiger charge is -2.18. The topological polar surface area (TPSA) is 66.3 Å². The number of carboxylic acids is 1. The number of nitrogens with zero attached hydrogens (tertiary/aromatic N) is 3. The summed E-state index contributed by atoms with van der Waals surface area (Å²) in [5.41, 5.74) is 2.30. The summed E-state index contributed by atoms with van der Waals surface area (Å²) in [5.74, 6) is -0.601. The Morgan fingerprint density at radius 3 is 2.10 bits per heavy atom. The zero-order chi connectivity index (χ0) is 15.3. The highest BCUT2D eigenvalue weighted by Crippen LogP contribution is 2.21. The van der Waals surface area contributed by atoms with Crippen LogP contribution >= 0.6 is 0 Å².